The Balaban J connectivity index is 2.66. The average molecular weight is 222 g/mol. The second kappa shape index (κ2) is 3.66. The van der Waals surface area contributed by atoms with Crippen molar-refractivity contribution in [2.45, 2.75) is 0 Å². The smallest absolute Gasteiger partial charge is 0.336 e. The maximum absolute atomic E-state index is 11.0. The minimum absolute atomic E-state index is 0.0336. The van der Waals surface area contributed by atoms with E-state index in [0.29, 0.717) is 10.6 Å². The Morgan fingerprint density at radius 1 is 1.53 bits per heavy atom. The van der Waals surface area contributed by atoms with Crippen molar-refractivity contribution in [3.63, 3.8) is 0 Å². The molecular weight excluding hydrogens is 216 g/mol. The lowest BCUT2D eigenvalue weighted by atomic mass is 10.1. The Hall–Kier alpha value is -1.95. The van der Waals surface area contributed by atoms with E-state index in [2.05, 4.69) is 9.97 Å². The number of hydrogen-bond acceptors (Lipinski definition) is 4. The topological polar surface area (TPSA) is 83.0 Å². The van der Waals surface area contributed by atoms with Gasteiger partial charge in [0, 0.05) is 29.4 Å². The fourth-order valence-electron chi connectivity index (χ4n) is 1.18. The molecule has 2 rings (SSSR count). The van der Waals surface area contributed by atoms with E-state index in [1.165, 1.54) is 17.5 Å². The fourth-order valence-corrected chi connectivity index (χ4v) is 1.85. The molecule has 0 unspecified atom stereocenters. The van der Waals surface area contributed by atoms with E-state index in [9.17, 15) is 9.59 Å². The minimum Gasteiger partial charge on any atom is -0.478 e. The molecule has 0 spiro atoms. The van der Waals surface area contributed by atoms with Crippen molar-refractivity contribution < 1.29 is 9.90 Å². The van der Waals surface area contributed by atoms with Crippen LogP contribution in [0.5, 0.6) is 0 Å². The highest BCUT2D eigenvalue weighted by atomic mass is 32.1. The summed E-state index contributed by atoms with van der Waals surface area (Å²) in [6.07, 6.45) is 2.95. The van der Waals surface area contributed by atoms with Gasteiger partial charge in [-0.25, -0.2) is 9.78 Å². The number of carbonyl (C=O) groups is 1. The average Bonchev–Trinajstić information content (AvgIpc) is 2.70. The van der Waals surface area contributed by atoms with Gasteiger partial charge in [0.15, 0.2) is 0 Å². The number of aromatic carboxylic acids is 1. The zero-order valence-electron chi connectivity index (χ0n) is 7.43. The standard InChI is InChI=1S/C9H6N2O3S/c12-7-3-5(9(13)14)6(4-11-7)8-10-1-2-15-8/h1-4H,(H,11,12)(H,13,14). The third kappa shape index (κ3) is 1.79. The highest BCUT2D eigenvalue weighted by Crippen LogP contribution is 2.23. The highest BCUT2D eigenvalue weighted by molar-refractivity contribution is 7.13. The second-order valence-corrected chi connectivity index (χ2v) is 3.66. The molecule has 0 aliphatic rings. The van der Waals surface area contributed by atoms with Crippen molar-refractivity contribution in [3.8, 4) is 10.6 Å². The summed E-state index contributed by atoms with van der Waals surface area (Å²) in [4.78, 5) is 28.3. The summed E-state index contributed by atoms with van der Waals surface area (Å²) < 4.78 is 0. The van der Waals surface area contributed by atoms with Gasteiger partial charge in [-0.2, -0.15) is 0 Å². The number of carboxylic acids is 1. The third-order valence-corrected chi connectivity index (χ3v) is 2.62. The Kier molecular flexibility index (Phi) is 2.34. The lowest BCUT2D eigenvalue weighted by Gasteiger charge is -2.00. The summed E-state index contributed by atoms with van der Waals surface area (Å²) in [7, 11) is 0. The van der Waals surface area contributed by atoms with Crippen LogP contribution in [0.15, 0.2) is 28.6 Å². The quantitative estimate of drug-likeness (QED) is 0.799. The Morgan fingerprint density at radius 2 is 2.33 bits per heavy atom. The number of pyridine rings is 1. The summed E-state index contributed by atoms with van der Waals surface area (Å²) in [6.45, 7) is 0. The summed E-state index contributed by atoms with van der Waals surface area (Å²) in [5, 5.41) is 11.2. The molecule has 6 heteroatoms. The van der Waals surface area contributed by atoms with Gasteiger partial charge in [0.2, 0.25) is 5.56 Å². The van der Waals surface area contributed by atoms with E-state index < -0.39 is 11.5 Å². The van der Waals surface area contributed by atoms with E-state index in [4.69, 9.17) is 5.11 Å². The second-order valence-electron chi connectivity index (χ2n) is 2.77. The molecule has 0 fully saturated rings. The predicted molar refractivity (Wildman–Crippen MR) is 55.1 cm³/mol. The number of nitrogens with one attached hydrogen (secondary N) is 1. The van der Waals surface area contributed by atoms with E-state index in [1.807, 2.05) is 0 Å². The van der Waals surface area contributed by atoms with Gasteiger partial charge < -0.3 is 10.1 Å². The van der Waals surface area contributed by atoms with Crippen molar-refractivity contribution in [1.29, 1.82) is 0 Å². The molecule has 2 heterocycles. The van der Waals surface area contributed by atoms with Crippen LogP contribution in [0.1, 0.15) is 10.4 Å². The molecule has 0 saturated carbocycles. The van der Waals surface area contributed by atoms with Gasteiger partial charge in [-0.1, -0.05) is 0 Å². The van der Waals surface area contributed by atoms with Crippen molar-refractivity contribution in [1.82, 2.24) is 9.97 Å². The number of aromatic nitrogens is 2. The summed E-state index contributed by atoms with van der Waals surface area (Å²) in [5.74, 6) is -1.13. The van der Waals surface area contributed by atoms with Gasteiger partial charge in [-0.15, -0.1) is 11.3 Å². The third-order valence-electron chi connectivity index (χ3n) is 1.82. The van der Waals surface area contributed by atoms with Crippen LogP contribution >= 0.6 is 11.3 Å². The first kappa shape index (κ1) is 9.60. The van der Waals surface area contributed by atoms with E-state index in [-0.39, 0.29) is 5.56 Å². The molecule has 2 aromatic heterocycles. The number of carboxylic acid groups (broad SMARTS) is 1. The molecule has 0 bridgehead atoms. The molecule has 0 aliphatic heterocycles. The first-order chi connectivity index (χ1) is 7.18. The number of aromatic amines is 1. The number of H-pyrrole nitrogens is 1. The Bertz CT molecular complexity index is 545. The van der Waals surface area contributed by atoms with Gasteiger partial charge in [-0.3, -0.25) is 4.79 Å². The zero-order valence-corrected chi connectivity index (χ0v) is 8.25. The molecule has 0 radical (unpaired) electrons. The first-order valence-electron chi connectivity index (χ1n) is 4.04. The number of thiazole rings is 1. The molecule has 2 N–H and O–H groups in total. The normalized spacial score (nSPS) is 10.1. The summed E-state index contributed by atoms with van der Waals surface area (Å²) in [5.41, 5.74) is -0.0430. The van der Waals surface area contributed by atoms with Crippen LogP contribution in [0, 0.1) is 0 Å². The molecule has 2 aromatic rings. The zero-order chi connectivity index (χ0) is 10.8. The predicted octanol–water partition coefficient (Wildman–Crippen LogP) is 1.20. The van der Waals surface area contributed by atoms with Crippen LogP contribution in [-0.2, 0) is 0 Å². The number of rotatable bonds is 2. The fraction of sp³-hybridized carbons (Fsp3) is 0. The molecule has 15 heavy (non-hydrogen) atoms. The molecular formula is C9H6N2O3S. The maximum atomic E-state index is 11.0. The molecule has 0 amide bonds. The van der Waals surface area contributed by atoms with Crippen LogP contribution < -0.4 is 5.56 Å². The lowest BCUT2D eigenvalue weighted by Crippen LogP contribution is -2.10. The van der Waals surface area contributed by atoms with E-state index in [0.717, 1.165) is 6.07 Å². The van der Waals surface area contributed by atoms with E-state index >= 15 is 0 Å². The van der Waals surface area contributed by atoms with Gasteiger partial charge in [0.05, 0.1) is 5.56 Å². The van der Waals surface area contributed by atoms with Crippen LogP contribution in [0.3, 0.4) is 0 Å². The van der Waals surface area contributed by atoms with Gasteiger partial charge in [-0.05, 0) is 0 Å². The molecule has 76 valence electrons. The number of hydrogen-bond donors (Lipinski definition) is 2. The van der Waals surface area contributed by atoms with Crippen molar-refractivity contribution in [2.75, 3.05) is 0 Å². The highest BCUT2D eigenvalue weighted by Gasteiger charge is 2.13. The van der Waals surface area contributed by atoms with Gasteiger partial charge in [0.25, 0.3) is 0 Å². The maximum Gasteiger partial charge on any atom is 0.336 e. The SMILES string of the molecule is O=C(O)c1cc(=O)[nH]cc1-c1nccs1. The summed E-state index contributed by atoms with van der Waals surface area (Å²) in [6, 6.07) is 1.05. The monoisotopic (exact) mass is 222 g/mol. The Labute approximate surface area is 88.1 Å². The summed E-state index contributed by atoms with van der Waals surface area (Å²) >= 11 is 1.32. The molecule has 0 aliphatic carbocycles. The largest absolute Gasteiger partial charge is 0.478 e. The van der Waals surface area contributed by atoms with Crippen LogP contribution in [0.25, 0.3) is 10.6 Å². The van der Waals surface area contributed by atoms with Crippen LogP contribution in [0.2, 0.25) is 0 Å². The lowest BCUT2D eigenvalue weighted by molar-refractivity contribution is 0.0697. The van der Waals surface area contributed by atoms with Crippen LogP contribution in [-0.4, -0.2) is 21.0 Å². The molecule has 5 nitrogen and oxygen atoms in total. The minimum atomic E-state index is -1.13. The molecule has 0 saturated heterocycles. The van der Waals surface area contributed by atoms with Crippen molar-refractivity contribution >= 4 is 17.3 Å². The van der Waals surface area contributed by atoms with Gasteiger partial charge in [0.1, 0.15) is 5.01 Å². The molecule has 0 aromatic carbocycles. The first-order valence-corrected chi connectivity index (χ1v) is 4.92. The molecule has 0 atom stereocenters. The number of nitrogens with zero attached hydrogens (tertiary/aromatic N) is 1. The van der Waals surface area contributed by atoms with Crippen molar-refractivity contribution in [2.24, 2.45) is 0 Å². The van der Waals surface area contributed by atoms with Gasteiger partial charge >= 0.3 is 5.97 Å². The van der Waals surface area contributed by atoms with E-state index in [1.54, 1.807) is 11.6 Å². The van der Waals surface area contributed by atoms with Crippen molar-refractivity contribution in [3.05, 3.63) is 39.8 Å². The Morgan fingerprint density at radius 3 is 2.93 bits per heavy atom. The van der Waals surface area contributed by atoms with Crippen LogP contribution in [0.4, 0.5) is 0 Å².